The lowest BCUT2D eigenvalue weighted by molar-refractivity contribution is -0.138. The summed E-state index contributed by atoms with van der Waals surface area (Å²) in [5.74, 6) is 0.287. The summed E-state index contributed by atoms with van der Waals surface area (Å²) in [5.41, 5.74) is 2.04. The number of carbonyl (C=O) groups excluding carboxylic acids is 2. The van der Waals surface area contributed by atoms with E-state index in [9.17, 15) is 9.59 Å². The molecule has 1 atom stereocenters. The maximum atomic E-state index is 12.6. The topological polar surface area (TPSA) is 109 Å². The summed E-state index contributed by atoms with van der Waals surface area (Å²) in [4.78, 5) is 30.5. The number of aromatic nitrogens is 2. The molecule has 9 heteroatoms. The Morgan fingerprint density at radius 3 is 2.82 bits per heavy atom. The lowest BCUT2D eigenvalue weighted by Crippen LogP contribution is -2.38. The third-order valence-corrected chi connectivity index (χ3v) is 5.12. The minimum atomic E-state index is -0.961. The van der Waals surface area contributed by atoms with Gasteiger partial charge in [-0.2, -0.15) is 5.26 Å². The molecule has 0 aliphatic rings. The molecule has 2 heterocycles. The van der Waals surface area contributed by atoms with Gasteiger partial charge in [0.2, 0.25) is 0 Å². The lowest BCUT2D eigenvalue weighted by atomic mass is 10.2. The van der Waals surface area contributed by atoms with E-state index in [0.29, 0.717) is 16.3 Å². The van der Waals surface area contributed by atoms with Gasteiger partial charge in [0.15, 0.2) is 6.10 Å². The first-order chi connectivity index (χ1) is 13.3. The van der Waals surface area contributed by atoms with Crippen molar-refractivity contribution in [3.63, 3.8) is 0 Å². The summed E-state index contributed by atoms with van der Waals surface area (Å²) in [5, 5.41) is 13.0. The molecule has 0 saturated heterocycles. The number of aryl methyl sites for hydroxylation is 2. The van der Waals surface area contributed by atoms with Gasteiger partial charge >= 0.3 is 5.97 Å². The number of amides is 1. The van der Waals surface area contributed by atoms with Crippen LogP contribution >= 0.6 is 11.8 Å². The first kappa shape index (κ1) is 21.4. The molecular formula is C19H22N4O4S. The van der Waals surface area contributed by atoms with Gasteiger partial charge in [-0.25, -0.2) is 9.78 Å². The van der Waals surface area contributed by atoms with Crippen molar-refractivity contribution in [2.75, 3.05) is 13.6 Å². The highest BCUT2D eigenvalue weighted by atomic mass is 32.2. The van der Waals surface area contributed by atoms with E-state index in [1.807, 2.05) is 19.9 Å². The summed E-state index contributed by atoms with van der Waals surface area (Å²) in [6.45, 7) is 5.48. The fourth-order valence-electron chi connectivity index (χ4n) is 2.42. The van der Waals surface area contributed by atoms with Crippen LogP contribution in [0.1, 0.15) is 40.7 Å². The molecule has 8 nitrogen and oxygen atoms in total. The zero-order valence-corrected chi connectivity index (χ0v) is 17.1. The van der Waals surface area contributed by atoms with Crippen molar-refractivity contribution >= 4 is 23.6 Å². The third kappa shape index (κ3) is 5.33. The number of esters is 1. The van der Waals surface area contributed by atoms with Gasteiger partial charge in [0.1, 0.15) is 10.8 Å². The normalized spacial score (nSPS) is 11.5. The molecule has 148 valence electrons. The van der Waals surface area contributed by atoms with Crippen LogP contribution in [0.3, 0.4) is 0 Å². The lowest BCUT2D eigenvalue weighted by Gasteiger charge is -2.20. The van der Waals surface area contributed by atoms with Gasteiger partial charge < -0.3 is 14.2 Å². The van der Waals surface area contributed by atoms with E-state index in [-0.39, 0.29) is 18.9 Å². The van der Waals surface area contributed by atoms with Crippen molar-refractivity contribution in [1.82, 2.24) is 15.0 Å². The van der Waals surface area contributed by atoms with Gasteiger partial charge in [-0.05, 0) is 32.9 Å². The fourth-order valence-corrected chi connectivity index (χ4v) is 3.56. The number of hydrogen-bond donors (Lipinski definition) is 0. The van der Waals surface area contributed by atoms with Crippen LogP contribution in [-0.4, -0.2) is 46.6 Å². The molecule has 0 aliphatic heterocycles. The van der Waals surface area contributed by atoms with E-state index >= 15 is 0 Å². The van der Waals surface area contributed by atoms with Crippen molar-refractivity contribution in [3.05, 3.63) is 40.9 Å². The van der Waals surface area contributed by atoms with Crippen molar-refractivity contribution in [2.24, 2.45) is 0 Å². The number of rotatable bonds is 8. The molecule has 2 aromatic rings. The van der Waals surface area contributed by atoms with E-state index in [2.05, 4.69) is 10.1 Å². The fraction of sp³-hybridized carbons (Fsp3) is 0.421. The van der Waals surface area contributed by atoms with Crippen LogP contribution in [0, 0.1) is 25.2 Å². The quantitative estimate of drug-likeness (QED) is 0.490. The van der Waals surface area contributed by atoms with Crippen LogP contribution in [0.2, 0.25) is 0 Å². The molecule has 0 fully saturated rings. The predicted molar refractivity (Wildman–Crippen MR) is 103 cm³/mol. The Balaban J connectivity index is 2.05. The Morgan fingerprint density at radius 1 is 1.43 bits per heavy atom. The molecule has 2 rings (SSSR count). The van der Waals surface area contributed by atoms with Gasteiger partial charge in [0.25, 0.3) is 5.91 Å². The number of hydrogen-bond acceptors (Lipinski definition) is 8. The number of carbonyl (C=O) groups is 2. The van der Waals surface area contributed by atoms with Crippen molar-refractivity contribution < 1.29 is 18.8 Å². The second kappa shape index (κ2) is 9.90. The SMILES string of the molecule is Cc1noc(C)c1CSc1ncccc1C(=O)O[C@H](C)C(=O)N(C)CCC#N. The zero-order valence-electron chi connectivity index (χ0n) is 16.3. The molecule has 0 radical (unpaired) electrons. The third-order valence-electron chi connectivity index (χ3n) is 4.09. The molecule has 0 aromatic carbocycles. The van der Waals surface area contributed by atoms with Gasteiger partial charge in [-0.3, -0.25) is 4.79 Å². The van der Waals surface area contributed by atoms with Crippen LogP contribution in [-0.2, 0) is 15.3 Å². The molecule has 0 aliphatic carbocycles. The number of thioether (sulfide) groups is 1. The molecule has 0 N–H and O–H groups in total. The van der Waals surface area contributed by atoms with E-state index in [1.54, 1.807) is 25.4 Å². The Hall–Kier alpha value is -2.86. The number of nitriles is 1. The Labute approximate surface area is 167 Å². The maximum absolute atomic E-state index is 12.6. The second-order valence-electron chi connectivity index (χ2n) is 6.16. The summed E-state index contributed by atoms with van der Waals surface area (Å²) in [6, 6.07) is 5.23. The van der Waals surface area contributed by atoms with Gasteiger partial charge in [0.05, 0.1) is 23.7 Å². The number of pyridine rings is 1. The smallest absolute Gasteiger partial charge is 0.341 e. The van der Waals surface area contributed by atoms with E-state index in [1.165, 1.54) is 23.6 Å². The first-order valence-electron chi connectivity index (χ1n) is 8.67. The Bertz CT molecular complexity index is 871. The molecular weight excluding hydrogens is 380 g/mol. The second-order valence-corrected chi connectivity index (χ2v) is 7.13. The minimum absolute atomic E-state index is 0.216. The van der Waals surface area contributed by atoms with E-state index in [0.717, 1.165) is 17.0 Å². The van der Waals surface area contributed by atoms with Gasteiger partial charge in [-0.1, -0.05) is 5.16 Å². The largest absolute Gasteiger partial charge is 0.449 e. The summed E-state index contributed by atoms with van der Waals surface area (Å²) in [7, 11) is 1.57. The highest BCUT2D eigenvalue weighted by Gasteiger charge is 2.24. The Morgan fingerprint density at radius 2 is 2.18 bits per heavy atom. The van der Waals surface area contributed by atoms with Crippen LogP contribution < -0.4 is 0 Å². The average Bonchev–Trinajstić information content (AvgIpc) is 3.01. The molecule has 0 spiro atoms. The van der Waals surface area contributed by atoms with E-state index in [4.69, 9.17) is 14.5 Å². The summed E-state index contributed by atoms with van der Waals surface area (Å²) in [6.07, 6.45) is 0.849. The number of ether oxygens (including phenoxy) is 1. The molecule has 2 aromatic heterocycles. The average molecular weight is 402 g/mol. The van der Waals surface area contributed by atoms with Crippen molar-refractivity contribution in [3.8, 4) is 6.07 Å². The molecule has 0 unspecified atom stereocenters. The molecule has 0 saturated carbocycles. The highest BCUT2D eigenvalue weighted by Crippen LogP contribution is 2.27. The molecule has 28 heavy (non-hydrogen) atoms. The monoisotopic (exact) mass is 402 g/mol. The summed E-state index contributed by atoms with van der Waals surface area (Å²) >= 11 is 1.37. The standard InChI is InChI=1S/C19H22N4O4S/c1-12-16(13(2)27-22-12)11-28-17-15(7-5-9-21-17)19(25)26-14(3)18(24)23(4)10-6-8-20/h5,7,9,14H,6,10-11H2,1-4H3/t14-/m1/s1. The first-order valence-corrected chi connectivity index (χ1v) is 9.66. The van der Waals surface area contributed by atoms with Crippen molar-refractivity contribution in [1.29, 1.82) is 5.26 Å². The Kier molecular flexibility index (Phi) is 7.58. The van der Waals surface area contributed by atoms with Gasteiger partial charge in [-0.15, -0.1) is 11.8 Å². The zero-order chi connectivity index (χ0) is 20.7. The molecule has 0 bridgehead atoms. The number of likely N-dealkylation sites (N-methyl/N-ethyl adjacent to an activating group) is 1. The van der Waals surface area contributed by atoms with Crippen molar-refractivity contribution in [2.45, 2.75) is 44.1 Å². The van der Waals surface area contributed by atoms with Gasteiger partial charge in [0, 0.05) is 31.1 Å². The maximum Gasteiger partial charge on any atom is 0.341 e. The van der Waals surface area contributed by atoms with Crippen LogP contribution in [0.25, 0.3) is 0 Å². The number of nitrogens with zero attached hydrogens (tertiary/aromatic N) is 4. The predicted octanol–water partition coefficient (Wildman–Crippen LogP) is 2.90. The summed E-state index contributed by atoms with van der Waals surface area (Å²) < 4.78 is 10.5. The molecule has 1 amide bonds. The highest BCUT2D eigenvalue weighted by molar-refractivity contribution is 7.98. The van der Waals surface area contributed by atoms with Crippen LogP contribution in [0.4, 0.5) is 0 Å². The van der Waals surface area contributed by atoms with Crippen LogP contribution in [0.15, 0.2) is 27.9 Å². The van der Waals surface area contributed by atoms with E-state index < -0.39 is 12.1 Å². The minimum Gasteiger partial charge on any atom is -0.449 e. The van der Waals surface area contributed by atoms with Crippen LogP contribution in [0.5, 0.6) is 0 Å².